The van der Waals surface area contributed by atoms with E-state index in [0.717, 1.165) is 28.8 Å². The molecule has 1 N–H and O–H groups in total. The van der Waals surface area contributed by atoms with Crippen LogP contribution in [0.25, 0.3) is 0 Å². The first-order chi connectivity index (χ1) is 14.0. The first-order valence-electron chi connectivity index (χ1n) is 9.50. The summed E-state index contributed by atoms with van der Waals surface area (Å²) in [5, 5.41) is 9.94. The molecule has 144 valence electrons. The van der Waals surface area contributed by atoms with Crippen LogP contribution in [0.1, 0.15) is 39.4 Å². The molecule has 2 unspecified atom stereocenters. The van der Waals surface area contributed by atoms with Gasteiger partial charge in [0, 0.05) is 16.6 Å². The summed E-state index contributed by atoms with van der Waals surface area (Å²) in [4.78, 5) is 26.7. The molecule has 5 rings (SSSR count). The second-order valence-corrected chi connectivity index (χ2v) is 8.13. The van der Waals surface area contributed by atoms with Crippen molar-refractivity contribution >= 4 is 29.2 Å². The van der Waals surface area contributed by atoms with E-state index >= 15 is 0 Å². The molecule has 1 amide bonds. The van der Waals surface area contributed by atoms with Crippen LogP contribution in [0.15, 0.2) is 72.8 Å². The maximum atomic E-state index is 13.6. The number of carboxylic acid groups (broad SMARTS) is 1. The molecule has 2 aliphatic rings. The Morgan fingerprint density at radius 3 is 2.66 bits per heavy atom. The van der Waals surface area contributed by atoms with Crippen molar-refractivity contribution in [2.24, 2.45) is 0 Å². The summed E-state index contributed by atoms with van der Waals surface area (Å²) in [6, 6.07) is 22.4. The molecule has 1 aliphatic heterocycles. The molecule has 29 heavy (non-hydrogen) atoms. The van der Waals surface area contributed by atoms with Gasteiger partial charge in [-0.15, -0.1) is 0 Å². The van der Waals surface area contributed by atoms with Gasteiger partial charge in [0.05, 0.1) is 17.5 Å². The lowest BCUT2D eigenvalue weighted by Crippen LogP contribution is -2.32. The van der Waals surface area contributed by atoms with Crippen LogP contribution in [-0.2, 0) is 16.8 Å². The zero-order valence-corrected chi connectivity index (χ0v) is 16.3. The van der Waals surface area contributed by atoms with Gasteiger partial charge in [0.1, 0.15) is 0 Å². The van der Waals surface area contributed by atoms with Crippen molar-refractivity contribution in [1.82, 2.24) is 0 Å². The van der Waals surface area contributed by atoms with E-state index in [-0.39, 0.29) is 17.4 Å². The van der Waals surface area contributed by atoms with Gasteiger partial charge in [-0.3, -0.25) is 4.79 Å². The SMILES string of the molecule is O=C(O)c1cccc(CN2C(=O)C3(CC3c3cccc(Cl)c3)c3ccccc32)c1. The van der Waals surface area contributed by atoms with Crippen molar-refractivity contribution in [2.75, 3.05) is 4.90 Å². The van der Waals surface area contributed by atoms with Crippen LogP contribution in [0, 0.1) is 0 Å². The van der Waals surface area contributed by atoms with Crippen LogP contribution in [0.4, 0.5) is 5.69 Å². The van der Waals surface area contributed by atoms with Crippen molar-refractivity contribution in [1.29, 1.82) is 0 Å². The van der Waals surface area contributed by atoms with E-state index in [9.17, 15) is 14.7 Å². The first kappa shape index (κ1) is 18.0. The summed E-state index contributed by atoms with van der Waals surface area (Å²) >= 11 is 6.18. The molecule has 1 fully saturated rings. The number of anilines is 1. The minimum absolute atomic E-state index is 0.0735. The number of para-hydroxylation sites is 1. The summed E-state index contributed by atoms with van der Waals surface area (Å²) < 4.78 is 0. The summed E-state index contributed by atoms with van der Waals surface area (Å²) in [6.07, 6.45) is 0.759. The van der Waals surface area contributed by atoms with E-state index in [2.05, 4.69) is 0 Å². The fourth-order valence-corrected chi connectivity index (χ4v) is 4.82. The van der Waals surface area contributed by atoms with Gasteiger partial charge in [-0.1, -0.05) is 54.1 Å². The number of rotatable bonds is 4. The molecular weight excluding hydrogens is 386 g/mol. The van der Waals surface area contributed by atoms with E-state index in [1.165, 1.54) is 0 Å². The molecule has 4 nitrogen and oxygen atoms in total. The largest absolute Gasteiger partial charge is 0.478 e. The van der Waals surface area contributed by atoms with Crippen LogP contribution in [-0.4, -0.2) is 17.0 Å². The zero-order valence-electron chi connectivity index (χ0n) is 15.5. The molecule has 0 saturated heterocycles. The summed E-state index contributed by atoms with van der Waals surface area (Å²) in [5.41, 5.74) is 3.50. The Kier molecular flexibility index (Phi) is 4.00. The van der Waals surface area contributed by atoms with E-state index in [4.69, 9.17) is 11.6 Å². The van der Waals surface area contributed by atoms with Crippen molar-refractivity contribution in [3.8, 4) is 0 Å². The van der Waals surface area contributed by atoms with Crippen molar-refractivity contribution in [2.45, 2.75) is 24.3 Å². The average molecular weight is 404 g/mol. The fraction of sp³-hybridized carbons (Fsp3) is 0.167. The number of hydrogen-bond donors (Lipinski definition) is 1. The molecule has 1 heterocycles. The van der Waals surface area contributed by atoms with Crippen LogP contribution in [0.5, 0.6) is 0 Å². The van der Waals surface area contributed by atoms with Gasteiger partial charge in [0.25, 0.3) is 0 Å². The quantitative estimate of drug-likeness (QED) is 0.666. The molecule has 0 bridgehead atoms. The number of amides is 1. The Labute approximate surface area is 173 Å². The summed E-state index contributed by atoms with van der Waals surface area (Å²) in [5.74, 6) is -0.797. The van der Waals surface area contributed by atoms with Crippen molar-refractivity contribution in [3.63, 3.8) is 0 Å². The van der Waals surface area contributed by atoms with Crippen molar-refractivity contribution < 1.29 is 14.7 Å². The second kappa shape index (κ2) is 6.46. The van der Waals surface area contributed by atoms with Gasteiger partial charge < -0.3 is 10.0 Å². The molecule has 5 heteroatoms. The molecule has 0 aromatic heterocycles. The Bertz CT molecular complexity index is 1160. The Morgan fingerprint density at radius 1 is 1.07 bits per heavy atom. The fourth-order valence-electron chi connectivity index (χ4n) is 4.62. The number of carbonyl (C=O) groups excluding carboxylic acids is 1. The molecule has 2 atom stereocenters. The topological polar surface area (TPSA) is 57.6 Å². The van der Waals surface area contributed by atoms with E-state index < -0.39 is 11.4 Å². The molecule has 3 aromatic rings. The Hall–Kier alpha value is -3.11. The van der Waals surface area contributed by atoms with E-state index in [0.29, 0.717) is 11.6 Å². The highest BCUT2D eigenvalue weighted by atomic mass is 35.5. The normalized spacial score (nSPS) is 22.0. The minimum Gasteiger partial charge on any atom is -0.478 e. The number of fused-ring (bicyclic) bond motifs is 2. The number of carbonyl (C=O) groups is 2. The monoisotopic (exact) mass is 403 g/mol. The number of benzene rings is 3. The molecule has 3 aromatic carbocycles. The standard InChI is InChI=1S/C24H18ClNO3/c25-18-8-4-6-16(12-18)20-13-24(20)19-9-1-2-10-21(19)26(23(24)29)14-15-5-3-7-17(11-15)22(27)28/h1-12,20H,13-14H2,(H,27,28). The lowest BCUT2D eigenvalue weighted by Gasteiger charge is -2.19. The van der Waals surface area contributed by atoms with Crippen LogP contribution in [0.2, 0.25) is 5.02 Å². The number of aromatic carboxylic acids is 1. The van der Waals surface area contributed by atoms with Crippen LogP contribution < -0.4 is 4.90 Å². The van der Waals surface area contributed by atoms with Crippen LogP contribution in [0.3, 0.4) is 0 Å². The molecule has 0 radical (unpaired) electrons. The van der Waals surface area contributed by atoms with E-state index in [1.807, 2.05) is 54.6 Å². The van der Waals surface area contributed by atoms with Gasteiger partial charge in [0.15, 0.2) is 0 Å². The Balaban J connectivity index is 1.52. The molecule has 1 saturated carbocycles. The number of carboxylic acids is 1. The predicted molar refractivity (Wildman–Crippen MR) is 112 cm³/mol. The minimum atomic E-state index is -0.973. The maximum Gasteiger partial charge on any atom is 0.335 e. The second-order valence-electron chi connectivity index (χ2n) is 7.70. The highest BCUT2D eigenvalue weighted by Crippen LogP contribution is 2.66. The molecule has 1 aliphatic carbocycles. The lowest BCUT2D eigenvalue weighted by atomic mass is 9.92. The summed E-state index contributed by atoms with van der Waals surface area (Å²) in [6.45, 7) is 0.348. The number of halogens is 1. The summed E-state index contributed by atoms with van der Waals surface area (Å²) in [7, 11) is 0. The van der Waals surface area contributed by atoms with Gasteiger partial charge in [-0.25, -0.2) is 4.79 Å². The molecular formula is C24H18ClNO3. The smallest absolute Gasteiger partial charge is 0.335 e. The van der Waals surface area contributed by atoms with Gasteiger partial charge in [-0.2, -0.15) is 0 Å². The number of nitrogens with zero attached hydrogens (tertiary/aromatic N) is 1. The molecule has 1 spiro atoms. The van der Waals surface area contributed by atoms with E-state index in [1.54, 1.807) is 23.1 Å². The third-order valence-electron chi connectivity index (χ3n) is 6.03. The highest BCUT2D eigenvalue weighted by Gasteiger charge is 2.67. The van der Waals surface area contributed by atoms with Gasteiger partial charge in [-0.05, 0) is 53.4 Å². The third-order valence-corrected chi connectivity index (χ3v) is 6.26. The highest BCUT2D eigenvalue weighted by molar-refractivity contribution is 6.30. The van der Waals surface area contributed by atoms with Crippen molar-refractivity contribution in [3.05, 3.63) is 100 Å². The first-order valence-corrected chi connectivity index (χ1v) is 9.88. The third kappa shape index (κ3) is 2.75. The average Bonchev–Trinajstić information content (AvgIpc) is 3.44. The lowest BCUT2D eigenvalue weighted by molar-refractivity contribution is -0.120. The zero-order chi connectivity index (χ0) is 20.2. The Morgan fingerprint density at radius 2 is 1.86 bits per heavy atom. The number of hydrogen-bond acceptors (Lipinski definition) is 2. The van der Waals surface area contributed by atoms with Gasteiger partial charge in [0.2, 0.25) is 5.91 Å². The maximum absolute atomic E-state index is 13.6. The van der Waals surface area contributed by atoms with Gasteiger partial charge >= 0.3 is 5.97 Å². The predicted octanol–water partition coefficient (Wildman–Crippen LogP) is 5.01. The van der Waals surface area contributed by atoms with Crippen LogP contribution >= 0.6 is 11.6 Å².